The number of amides is 1. The molecule has 0 atom stereocenters. The third-order valence-corrected chi connectivity index (χ3v) is 2.75. The van der Waals surface area contributed by atoms with Crippen LogP contribution in [0.15, 0.2) is 30.3 Å². The Morgan fingerprint density at radius 2 is 2.11 bits per heavy atom. The Kier molecular flexibility index (Phi) is 3.99. The van der Waals surface area contributed by atoms with Crippen LogP contribution in [0.25, 0.3) is 0 Å². The van der Waals surface area contributed by atoms with Gasteiger partial charge in [0.15, 0.2) is 5.82 Å². The number of nitrogens with one attached hydrogen (secondary N) is 2. The number of rotatable bonds is 4. The average Bonchev–Trinajstić information content (AvgIpc) is 2.78. The van der Waals surface area contributed by atoms with Gasteiger partial charge in [-0.3, -0.25) is 9.89 Å². The first-order chi connectivity index (χ1) is 8.69. The third kappa shape index (κ3) is 3.11. The van der Waals surface area contributed by atoms with E-state index in [1.807, 2.05) is 6.07 Å². The summed E-state index contributed by atoms with van der Waals surface area (Å²) < 4.78 is 0. The van der Waals surface area contributed by atoms with E-state index < -0.39 is 0 Å². The maximum absolute atomic E-state index is 11.9. The van der Waals surface area contributed by atoms with Crippen molar-refractivity contribution in [1.29, 1.82) is 0 Å². The summed E-state index contributed by atoms with van der Waals surface area (Å²) in [6.07, 6.45) is 1.95. The first-order valence-corrected chi connectivity index (χ1v) is 6.18. The Morgan fingerprint density at radius 1 is 1.39 bits per heavy atom. The van der Waals surface area contributed by atoms with Crippen LogP contribution in [0.1, 0.15) is 29.4 Å². The molecule has 0 bridgehead atoms. The second-order valence-electron chi connectivity index (χ2n) is 3.99. The van der Waals surface area contributed by atoms with Crippen LogP contribution in [0.4, 0.5) is 5.82 Å². The van der Waals surface area contributed by atoms with Crippen molar-refractivity contribution < 1.29 is 4.79 Å². The minimum absolute atomic E-state index is 0.193. The molecule has 2 aromatic rings. The van der Waals surface area contributed by atoms with E-state index >= 15 is 0 Å². The maximum Gasteiger partial charge on any atom is 0.256 e. The van der Waals surface area contributed by atoms with Crippen molar-refractivity contribution in [1.82, 2.24) is 10.2 Å². The molecule has 0 aliphatic carbocycles. The van der Waals surface area contributed by atoms with Crippen LogP contribution in [0.2, 0.25) is 5.02 Å². The zero-order chi connectivity index (χ0) is 13.0. The number of hydrogen-bond acceptors (Lipinski definition) is 2. The van der Waals surface area contributed by atoms with Crippen molar-refractivity contribution in [2.75, 3.05) is 5.32 Å². The van der Waals surface area contributed by atoms with Crippen LogP contribution >= 0.6 is 11.6 Å². The van der Waals surface area contributed by atoms with E-state index in [1.54, 1.807) is 24.3 Å². The third-order valence-electron chi connectivity index (χ3n) is 2.50. The summed E-state index contributed by atoms with van der Waals surface area (Å²) >= 11 is 5.77. The number of aromatic nitrogens is 2. The molecule has 0 radical (unpaired) electrons. The zero-order valence-corrected chi connectivity index (χ0v) is 10.8. The molecule has 0 fully saturated rings. The van der Waals surface area contributed by atoms with Crippen LogP contribution in [0.3, 0.4) is 0 Å². The number of carbonyl (C=O) groups excluding carboxylic acids is 1. The fraction of sp³-hybridized carbons (Fsp3) is 0.231. The van der Waals surface area contributed by atoms with Crippen molar-refractivity contribution >= 4 is 23.3 Å². The van der Waals surface area contributed by atoms with E-state index in [0.29, 0.717) is 16.4 Å². The fourth-order valence-electron chi connectivity index (χ4n) is 1.61. The summed E-state index contributed by atoms with van der Waals surface area (Å²) in [6.45, 7) is 2.09. The van der Waals surface area contributed by atoms with Crippen molar-refractivity contribution in [3.8, 4) is 0 Å². The van der Waals surface area contributed by atoms with Gasteiger partial charge in [-0.25, -0.2) is 0 Å². The molecular formula is C13H14ClN3O. The first-order valence-electron chi connectivity index (χ1n) is 5.80. The van der Waals surface area contributed by atoms with Gasteiger partial charge in [-0.2, -0.15) is 5.10 Å². The van der Waals surface area contributed by atoms with Gasteiger partial charge in [-0.1, -0.05) is 24.9 Å². The monoisotopic (exact) mass is 263 g/mol. The molecule has 0 saturated carbocycles. The molecule has 4 nitrogen and oxygen atoms in total. The van der Waals surface area contributed by atoms with E-state index in [9.17, 15) is 4.79 Å². The molecule has 2 N–H and O–H groups in total. The van der Waals surface area contributed by atoms with Crippen LogP contribution < -0.4 is 5.32 Å². The highest BCUT2D eigenvalue weighted by molar-refractivity contribution is 6.30. The van der Waals surface area contributed by atoms with Crippen LogP contribution in [-0.4, -0.2) is 16.1 Å². The summed E-state index contributed by atoms with van der Waals surface area (Å²) in [7, 11) is 0. The van der Waals surface area contributed by atoms with E-state index in [2.05, 4.69) is 22.4 Å². The highest BCUT2D eigenvalue weighted by atomic mass is 35.5. The summed E-state index contributed by atoms with van der Waals surface area (Å²) in [5.41, 5.74) is 1.57. The van der Waals surface area contributed by atoms with Crippen LogP contribution in [-0.2, 0) is 6.42 Å². The Bertz CT molecular complexity index is 533. The fourth-order valence-corrected chi connectivity index (χ4v) is 1.74. The predicted molar refractivity (Wildman–Crippen MR) is 72.0 cm³/mol. The molecule has 0 aliphatic rings. The number of carbonyl (C=O) groups is 1. The van der Waals surface area contributed by atoms with Gasteiger partial charge in [0.2, 0.25) is 0 Å². The molecule has 1 amide bonds. The molecular weight excluding hydrogens is 250 g/mol. The zero-order valence-electron chi connectivity index (χ0n) is 10.0. The normalized spacial score (nSPS) is 10.3. The second kappa shape index (κ2) is 5.69. The molecule has 94 valence electrons. The number of halogens is 1. The summed E-state index contributed by atoms with van der Waals surface area (Å²) in [5.74, 6) is 0.347. The number of anilines is 1. The van der Waals surface area contributed by atoms with E-state index in [1.165, 1.54) is 0 Å². The summed E-state index contributed by atoms with van der Waals surface area (Å²) in [5, 5.41) is 10.3. The van der Waals surface area contributed by atoms with Crippen molar-refractivity contribution in [3.05, 3.63) is 46.6 Å². The first kappa shape index (κ1) is 12.6. The lowest BCUT2D eigenvalue weighted by Gasteiger charge is -2.01. The molecule has 18 heavy (non-hydrogen) atoms. The Morgan fingerprint density at radius 3 is 2.78 bits per heavy atom. The van der Waals surface area contributed by atoms with Gasteiger partial charge in [0, 0.05) is 22.3 Å². The predicted octanol–water partition coefficient (Wildman–Crippen LogP) is 3.27. The van der Waals surface area contributed by atoms with Gasteiger partial charge >= 0.3 is 0 Å². The number of aromatic amines is 1. The van der Waals surface area contributed by atoms with E-state index in [0.717, 1.165) is 18.5 Å². The van der Waals surface area contributed by atoms with Gasteiger partial charge in [-0.05, 0) is 30.7 Å². The minimum Gasteiger partial charge on any atom is -0.305 e. The molecule has 1 aromatic carbocycles. The number of aryl methyl sites for hydroxylation is 1. The Hall–Kier alpha value is -1.81. The minimum atomic E-state index is -0.193. The lowest BCUT2D eigenvalue weighted by Crippen LogP contribution is -2.11. The molecule has 5 heteroatoms. The van der Waals surface area contributed by atoms with Crippen molar-refractivity contribution in [2.45, 2.75) is 19.8 Å². The molecule has 0 saturated heterocycles. The largest absolute Gasteiger partial charge is 0.305 e. The molecule has 2 rings (SSSR count). The van der Waals surface area contributed by atoms with E-state index in [4.69, 9.17) is 11.6 Å². The SMILES string of the molecule is CCCc1cc(NC(=O)c2ccc(Cl)cc2)n[nH]1. The molecule has 0 spiro atoms. The number of H-pyrrole nitrogens is 1. The molecule has 1 aromatic heterocycles. The lowest BCUT2D eigenvalue weighted by atomic mass is 10.2. The summed E-state index contributed by atoms with van der Waals surface area (Å²) in [6, 6.07) is 8.57. The van der Waals surface area contributed by atoms with Gasteiger partial charge in [0.25, 0.3) is 5.91 Å². The van der Waals surface area contributed by atoms with Gasteiger partial charge in [-0.15, -0.1) is 0 Å². The topological polar surface area (TPSA) is 57.8 Å². The quantitative estimate of drug-likeness (QED) is 0.889. The van der Waals surface area contributed by atoms with Gasteiger partial charge in [0.05, 0.1) is 0 Å². The van der Waals surface area contributed by atoms with E-state index in [-0.39, 0.29) is 5.91 Å². The highest BCUT2D eigenvalue weighted by Gasteiger charge is 2.08. The molecule has 1 heterocycles. The van der Waals surface area contributed by atoms with Crippen molar-refractivity contribution in [2.24, 2.45) is 0 Å². The second-order valence-corrected chi connectivity index (χ2v) is 4.43. The summed E-state index contributed by atoms with van der Waals surface area (Å²) in [4.78, 5) is 11.9. The van der Waals surface area contributed by atoms with Crippen molar-refractivity contribution in [3.63, 3.8) is 0 Å². The molecule has 0 aliphatic heterocycles. The Labute approximate surface area is 110 Å². The smallest absolute Gasteiger partial charge is 0.256 e. The standard InChI is InChI=1S/C13H14ClN3O/c1-2-3-11-8-12(17-16-11)15-13(18)9-4-6-10(14)7-5-9/h4-8H,2-3H2,1H3,(H2,15,16,17,18). The number of nitrogens with zero attached hydrogens (tertiary/aromatic N) is 1. The van der Waals surface area contributed by atoms with Crippen LogP contribution in [0.5, 0.6) is 0 Å². The van der Waals surface area contributed by atoms with Gasteiger partial charge in [0.1, 0.15) is 0 Å². The van der Waals surface area contributed by atoms with Gasteiger partial charge < -0.3 is 5.32 Å². The van der Waals surface area contributed by atoms with Crippen LogP contribution in [0, 0.1) is 0 Å². The number of benzene rings is 1. The highest BCUT2D eigenvalue weighted by Crippen LogP contribution is 2.12. The molecule has 0 unspecified atom stereocenters. The Balaban J connectivity index is 2.04. The number of hydrogen-bond donors (Lipinski definition) is 2. The maximum atomic E-state index is 11.9. The lowest BCUT2D eigenvalue weighted by molar-refractivity contribution is 0.102. The average molecular weight is 264 g/mol.